The molecule has 2 aliphatic rings. The molecule has 2 aliphatic heterocycles. The van der Waals surface area contributed by atoms with Gasteiger partial charge in [-0.2, -0.15) is 4.40 Å². The van der Waals surface area contributed by atoms with E-state index >= 15 is 0 Å². The molecule has 1 fully saturated rings. The summed E-state index contributed by atoms with van der Waals surface area (Å²) < 4.78 is 37.8. The van der Waals surface area contributed by atoms with E-state index in [1.807, 2.05) is 20.8 Å². The molecule has 0 aliphatic carbocycles. The summed E-state index contributed by atoms with van der Waals surface area (Å²) in [6.45, 7) is 9.20. The molecule has 2 aromatic rings. The van der Waals surface area contributed by atoms with Crippen LogP contribution < -0.4 is 5.56 Å². The van der Waals surface area contributed by atoms with Crippen LogP contribution in [0, 0.1) is 11.7 Å². The molecule has 1 aromatic heterocycles. The third-order valence-corrected chi connectivity index (χ3v) is 7.24. The van der Waals surface area contributed by atoms with E-state index in [2.05, 4.69) is 10.5 Å². The third-order valence-electron chi connectivity index (χ3n) is 5.75. The fraction of sp³-hybridized carbons (Fsp3) is 0.522. The van der Waals surface area contributed by atoms with E-state index in [1.54, 1.807) is 11.5 Å². The minimum Gasteiger partial charge on any atom is -0.381 e. The summed E-state index contributed by atoms with van der Waals surface area (Å²) in [5, 5.41) is 0.224. The molecule has 3 heterocycles. The fourth-order valence-electron chi connectivity index (χ4n) is 4.00. The molecule has 0 amide bonds. The van der Waals surface area contributed by atoms with E-state index in [0.717, 1.165) is 38.0 Å². The predicted molar refractivity (Wildman–Crippen MR) is 122 cm³/mol. The minimum absolute atomic E-state index is 0.224. The molecule has 1 aromatic carbocycles. The molecule has 4 rings (SSSR count). The average molecular weight is 446 g/mol. The van der Waals surface area contributed by atoms with Crippen LogP contribution in [-0.2, 0) is 22.3 Å². The Morgan fingerprint density at radius 1 is 1.32 bits per heavy atom. The summed E-state index contributed by atoms with van der Waals surface area (Å²) in [6, 6.07) is 2.55. The summed E-state index contributed by atoms with van der Waals surface area (Å²) in [4.78, 5) is 18.0. The number of nitrogens with zero attached hydrogens (tertiary/aromatic N) is 3. The van der Waals surface area contributed by atoms with Gasteiger partial charge in [0.05, 0.1) is 21.4 Å². The smallest absolute Gasteiger partial charge is 0.261 e. The Bertz CT molecular complexity index is 1170. The number of rotatable bonds is 3. The second kappa shape index (κ2) is 8.39. The largest absolute Gasteiger partial charge is 0.381 e. The summed E-state index contributed by atoms with van der Waals surface area (Å²) in [6.07, 6.45) is 4.87. The predicted octanol–water partition coefficient (Wildman–Crippen LogP) is 4.02. The van der Waals surface area contributed by atoms with Crippen LogP contribution in [0.15, 0.2) is 27.4 Å². The van der Waals surface area contributed by atoms with Gasteiger partial charge in [-0.3, -0.25) is 9.36 Å². The quantitative estimate of drug-likeness (QED) is 0.669. The van der Waals surface area contributed by atoms with Crippen molar-refractivity contribution in [1.29, 1.82) is 0 Å². The van der Waals surface area contributed by atoms with Gasteiger partial charge in [0.2, 0.25) is 0 Å². The summed E-state index contributed by atoms with van der Waals surface area (Å²) >= 11 is 0. The van der Waals surface area contributed by atoms with Crippen LogP contribution >= 0.6 is 0 Å². The molecule has 0 bridgehead atoms. The maximum absolute atomic E-state index is 14.4. The van der Waals surface area contributed by atoms with Crippen molar-refractivity contribution in [2.75, 3.05) is 13.2 Å². The van der Waals surface area contributed by atoms with Gasteiger partial charge in [-0.05, 0) is 70.6 Å². The van der Waals surface area contributed by atoms with Crippen molar-refractivity contribution in [3.05, 3.63) is 45.8 Å². The monoisotopic (exact) mass is 445 g/mol. The van der Waals surface area contributed by atoms with E-state index in [0.29, 0.717) is 35.1 Å². The van der Waals surface area contributed by atoms with Crippen molar-refractivity contribution in [1.82, 2.24) is 9.55 Å². The minimum atomic E-state index is -1.50. The van der Waals surface area contributed by atoms with E-state index in [1.165, 1.54) is 12.1 Å². The molecule has 1 saturated heterocycles. The summed E-state index contributed by atoms with van der Waals surface area (Å²) in [5.74, 6) is 0.517. The molecule has 8 heteroatoms. The molecule has 0 radical (unpaired) electrons. The normalized spacial score (nSPS) is 20.4. The van der Waals surface area contributed by atoms with Crippen molar-refractivity contribution in [2.45, 2.75) is 58.2 Å². The first-order valence-corrected chi connectivity index (χ1v) is 11.8. The molecular formula is C23H28FN3O3S. The SMILES string of the molecule is C/C(=N\[S@](=O)C(C)(C)C)c1cc(F)cc2c(=O)n3c(nc12)C(=CC1CCOCC1)CC3. The molecule has 31 heavy (non-hydrogen) atoms. The van der Waals surface area contributed by atoms with Gasteiger partial charge in [-0.15, -0.1) is 0 Å². The Kier molecular flexibility index (Phi) is 5.96. The van der Waals surface area contributed by atoms with Crippen molar-refractivity contribution in [2.24, 2.45) is 10.3 Å². The fourth-order valence-corrected chi connectivity index (χ4v) is 4.62. The summed E-state index contributed by atoms with van der Waals surface area (Å²) in [5.41, 5.74) is 2.02. The number of benzene rings is 1. The molecule has 0 N–H and O–H groups in total. The van der Waals surface area contributed by atoms with Crippen molar-refractivity contribution < 1.29 is 13.3 Å². The number of allylic oxidation sites excluding steroid dienone is 2. The number of aromatic nitrogens is 2. The Hall–Kier alpha value is -2.19. The highest BCUT2D eigenvalue weighted by molar-refractivity contribution is 7.85. The molecule has 1 atom stereocenters. The first-order valence-electron chi connectivity index (χ1n) is 10.7. The number of hydrogen-bond acceptors (Lipinski definition) is 4. The zero-order chi connectivity index (χ0) is 22.3. The highest BCUT2D eigenvalue weighted by atomic mass is 32.2. The second-order valence-electron chi connectivity index (χ2n) is 9.17. The first kappa shape index (κ1) is 22.0. The average Bonchev–Trinajstić information content (AvgIpc) is 3.11. The zero-order valence-corrected chi connectivity index (χ0v) is 19.2. The van der Waals surface area contributed by atoms with Gasteiger partial charge in [0.1, 0.15) is 22.6 Å². The number of ether oxygens (including phenoxy) is 1. The van der Waals surface area contributed by atoms with Crippen molar-refractivity contribution in [3.63, 3.8) is 0 Å². The van der Waals surface area contributed by atoms with E-state index in [9.17, 15) is 13.4 Å². The molecular weight excluding hydrogens is 417 g/mol. The summed E-state index contributed by atoms with van der Waals surface area (Å²) in [7, 11) is -1.50. The maximum Gasteiger partial charge on any atom is 0.261 e. The van der Waals surface area contributed by atoms with Gasteiger partial charge < -0.3 is 4.74 Å². The Labute approximate surface area is 183 Å². The Balaban J connectivity index is 1.86. The lowest BCUT2D eigenvalue weighted by atomic mass is 9.96. The lowest BCUT2D eigenvalue weighted by Crippen LogP contribution is -2.23. The topological polar surface area (TPSA) is 73.5 Å². The van der Waals surface area contributed by atoms with Gasteiger partial charge in [-0.25, -0.2) is 13.6 Å². The third kappa shape index (κ3) is 4.41. The lowest BCUT2D eigenvalue weighted by Gasteiger charge is -2.19. The van der Waals surface area contributed by atoms with Gasteiger partial charge in [0, 0.05) is 25.3 Å². The highest BCUT2D eigenvalue weighted by Gasteiger charge is 2.25. The first-order chi connectivity index (χ1) is 14.6. The van der Waals surface area contributed by atoms with Crippen LogP contribution in [0.4, 0.5) is 4.39 Å². The van der Waals surface area contributed by atoms with Gasteiger partial charge in [-0.1, -0.05) is 6.08 Å². The van der Waals surface area contributed by atoms with Crippen molar-refractivity contribution >= 4 is 33.2 Å². The highest BCUT2D eigenvalue weighted by Crippen LogP contribution is 2.30. The van der Waals surface area contributed by atoms with Gasteiger partial charge >= 0.3 is 0 Å². The maximum atomic E-state index is 14.4. The van der Waals surface area contributed by atoms with E-state index < -0.39 is 21.5 Å². The van der Waals surface area contributed by atoms with Crippen LogP contribution in [0.3, 0.4) is 0 Å². The zero-order valence-electron chi connectivity index (χ0n) is 18.4. The van der Waals surface area contributed by atoms with Crippen LogP contribution in [0.25, 0.3) is 16.5 Å². The van der Waals surface area contributed by atoms with E-state index in [4.69, 9.17) is 9.72 Å². The molecule has 0 saturated carbocycles. The Morgan fingerprint density at radius 2 is 2.03 bits per heavy atom. The Morgan fingerprint density at radius 3 is 2.71 bits per heavy atom. The lowest BCUT2D eigenvalue weighted by molar-refractivity contribution is 0.0786. The van der Waals surface area contributed by atoms with Gasteiger partial charge in [0.25, 0.3) is 5.56 Å². The van der Waals surface area contributed by atoms with Crippen LogP contribution in [0.1, 0.15) is 58.3 Å². The molecule has 166 valence electrons. The number of fused-ring (bicyclic) bond motifs is 2. The standard InChI is InChI=1S/C23H28FN3O3S/c1-14(26-31(29)23(2,3)4)18-12-17(24)13-19-20(18)25-21-16(5-8-27(21)22(19)28)11-15-6-9-30-10-7-15/h11-13,15H,5-10H2,1-4H3/b16-11?,26-14+/t31-/m1/s1. The van der Waals surface area contributed by atoms with Gasteiger partial charge in [0.15, 0.2) is 0 Å². The van der Waals surface area contributed by atoms with Crippen LogP contribution in [0.5, 0.6) is 0 Å². The van der Waals surface area contributed by atoms with Crippen LogP contribution in [0.2, 0.25) is 0 Å². The number of halogens is 1. The number of hydrogen-bond donors (Lipinski definition) is 0. The van der Waals surface area contributed by atoms with Crippen LogP contribution in [-0.4, -0.2) is 37.4 Å². The second-order valence-corrected chi connectivity index (χ2v) is 11.1. The molecule has 6 nitrogen and oxygen atoms in total. The van der Waals surface area contributed by atoms with Crippen molar-refractivity contribution in [3.8, 4) is 0 Å². The molecule has 0 unspecified atom stereocenters. The molecule has 0 spiro atoms. The van der Waals surface area contributed by atoms with E-state index in [-0.39, 0.29) is 10.9 Å².